The molecule has 94 valence electrons. The van der Waals surface area contributed by atoms with Gasteiger partial charge in [-0.15, -0.1) is 0 Å². The van der Waals surface area contributed by atoms with Crippen LogP contribution in [0.4, 0.5) is 5.82 Å². The van der Waals surface area contributed by atoms with E-state index >= 15 is 0 Å². The minimum Gasteiger partial charge on any atom is -0.391 e. The highest BCUT2D eigenvalue weighted by molar-refractivity contribution is 5.49. The maximum Gasteiger partial charge on any atom is 0.133 e. The van der Waals surface area contributed by atoms with Crippen LogP contribution in [0.25, 0.3) is 0 Å². The molecule has 4 nitrogen and oxygen atoms in total. The largest absolute Gasteiger partial charge is 0.391 e. The van der Waals surface area contributed by atoms with E-state index in [0.717, 1.165) is 25.3 Å². The standard InChI is InChI=1S/C13H21N3O/c1-3-14-10(2)12-5-4-7-15-13(12)16-8-6-11(17)9-16/h4-5,7,10-11,14,17H,3,6,8-9H2,1-2H3. The maximum absolute atomic E-state index is 9.61. The second-order valence-corrected chi connectivity index (χ2v) is 4.58. The van der Waals surface area contributed by atoms with Crippen molar-refractivity contribution in [1.29, 1.82) is 0 Å². The maximum atomic E-state index is 9.61. The van der Waals surface area contributed by atoms with Gasteiger partial charge in [-0.05, 0) is 26.0 Å². The van der Waals surface area contributed by atoms with Crippen molar-refractivity contribution in [3.8, 4) is 0 Å². The lowest BCUT2D eigenvalue weighted by molar-refractivity contribution is 0.198. The highest BCUT2D eigenvalue weighted by Gasteiger charge is 2.24. The Labute approximate surface area is 103 Å². The average molecular weight is 235 g/mol. The summed E-state index contributed by atoms with van der Waals surface area (Å²) in [5.41, 5.74) is 1.21. The van der Waals surface area contributed by atoms with E-state index in [2.05, 4.69) is 35.1 Å². The highest BCUT2D eigenvalue weighted by atomic mass is 16.3. The lowest BCUT2D eigenvalue weighted by Gasteiger charge is -2.23. The van der Waals surface area contributed by atoms with Gasteiger partial charge >= 0.3 is 0 Å². The summed E-state index contributed by atoms with van der Waals surface area (Å²) in [5, 5.41) is 13.0. The van der Waals surface area contributed by atoms with Gasteiger partial charge < -0.3 is 15.3 Å². The summed E-state index contributed by atoms with van der Waals surface area (Å²) < 4.78 is 0. The summed E-state index contributed by atoms with van der Waals surface area (Å²) in [6, 6.07) is 4.38. The molecule has 0 aliphatic carbocycles. The van der Waals surface area contributed by atoms with Gasteiger partial charge in [0, 0.05) is 30.9 Å². The molecule has 2 heterocycles. The molecule has 0 aromatic carbocycles. The van der Waals surface area contributed by atoms with Crippen molar-refractivity contribution in [3.05, 3.63) is 23.9 Å². The van der Waals surface area contributed by atoms with Crippen LogP contribution in [-0.2, 0) is 0 Å². The van der Waals surface area contributed by atoms with Crippen molar-refractivity contribution in [2.24, 2.45) is 0 Å². The predicted octanol–water partition coefficient (Wildman–Crippen LogP) is 1.32. The number of nitrogens with one attached hydrogen (secondary N) is 1. The topological polar surface area (TPSA) is 48.4 Å². The Balaban J connectivity index is 2.21. The van der Waals surface area contributed by atoms with Crippen LogP contribution < -0.4 is 10.2 Å². The van der Waals surface area contributed by atoms with Crippen LogP contribution in [0, 0.1) is 0 Å². The SMILES string of the molecule is CCNC(C)c1cccnc1N1CCC(O)C1. The van der Waals surface area contributed by atoms with Crippen molar-refractivity contribution in [2.75, 3.05) is 24.5 Å². The molecule has 2 atom stereocenters. The molecule has 0 saturated carbocycles. The fourth-order valence-electron chi connectivity index (χ4n) is 2.36. The number of β-amino-alcohol motifs (C(OH)–C–C–N with tert-alkyl or cyclic N) is 1. The molecule has 2 N–H and O–H groups in total. The third-order valence-electron chi connectivity index (χ3n) is 3.26. The third kappa shape index (κ3) is 2.76. The summed E-state index contributed by atoms with van der Waals surface area (Å²) >= 11 is 0. The zero-order chi connectivity index (χ0) is 12.3. The van der Waals surface area contributed by atoms with Crippen molar-refractivity contribution < 1.29 is 5.11 Å². The summed E-state index contributed by atoms with van der Waals surface area (Å²) in [7, 11) is 0. The molecular weight excluding hydrogens is 214 g/mol. The Morgan fingerprint density at radius 1 is 1.65 bits per heavy atom. The van der Waals surface area contributed by atoms with E-state index in [-0.39, 0.29) is 6.10 Å². The van der Waals surface area contributed by atoms with Crippen LogP contribution >= 0.6 is 0 Å². The molecule has 0 bridgehead atoms. The molecule has 2 unspecified atom stereocenters. The average Bonchev–Trinajstić information content (AvgIpc) is 2.76. The molecule has 0 amide bonds. The Morgan fingerprint density at radius 2 is 2.47 bits per heavy atom. The first-order valence-electron chi connectivity index (χ1n) is 6.33. The number of hydrogen-bond donors (Lipinski definition) is 2. The lowest BCUT2D eigenvalue weighted by Crippen LogP contribution is -2.26. The van der Waals surface area contributed by atoms with E-state index in [0.29, 0.717) is 12.6 Å². The number of rotatable bonds is 4. The summed E-state index contributed by atoms with van der Waals surface area (Å²) in [6.07, 6.45) is 2.45. The number of aromatic nitrogens is 1. The summed E-state index contributed by atoms with van der Waals surface area (Å²) in [4.78, 5) is 6.65. The van der Waals surface area contributed by atoms with Gasteiger partial charge in [0.1, 0.15) is 5.82 Å². The van der Waals surface area contributed by atoms with E-state index in [1.165, 1.54) is 5.56 Å². The Kier molecular flexibility index (Phi) is 3.97. The van der Waals surface area contributed by atoms with Crippen LogP contribution in [0.15, 0.2) is 18.3 Å². The Hall–Kier alpha value is -1.13. The first kappa shape index (κ1) is 12.3. The zero-order valence-corrected chi connectivity index (χ0v) is 10.6. The van der Waals surface area contributed by atoms with E-state index < -0.39 is 0 Å². The van der Waals surface area contributed by atoms with Crippen LogP contribution in [0.3, 0.4) is 0 Å². The molecule has 1 aliphatic rings. The van der Waals surface area contributed by atoms with Gasteiger partial charge in [0.15, 0.2) is 0 Å². The fourth-order valence-corrected chi connectivity index (χ4v) is 2.36. The predicted molar refractivity (Wildman–Crippen MR) is 69.2 cm³/mol. The molecule has 0 radical (unpaired) electrons. The van der Waals surface area contributed by atoms with Crippen molar-refractivity contribution in [2.45, 2.75) is 32.4 Å². The molecule has 1 aromatic rings. The zero-order valence-electron chi connectivity index (χ0n) is 10.6. The molecular formula is C13H21N3O. The second-order valence-electron chi connectivity index (χ2n) is 4.58. The van der Waals surface area contributed by atoms with E-state index in [4.69, 9.17) is 0 Å². The van der Waals surface area contributed by atoms with Crippen LogP contribution in [0.5, 0.6) is 0 Å². The number of aliphatic hydroxyl groups is 1. The molecule has 4 heteroatoms. The lowest BCUT2D eigenvalue weighted by atomic mass is 10.1. The Morgan fingerprint density at radius 3 is 3.12 bits per heavy atom. The summed E-state index contributed by atoms with van der Waals surface area (Å²) in [5.74, 6) is 1.01. The van der Waals surface area contributed by atoms with E-state index in [9.17, 15) is 5.11 Å². The quantitative estimate of drug-likeness (QED) is 0.826. The summed E-state index contributed by atoms with van der Waals surface area (Å²) in [6.45, 7) is 6.79. The number of anilines is 1. The van der Waals surface area contributed by atoms with Gasteiger partial charge in [0.05, 0.1) is 6.10 Å². The van der Waals surface area contributed by atoms with Gasteiger partial charge in [0.2, 0.25) is 0 Å². The first-order chi connectivity index (χ1) is 8.22. The normalized spacial score (nSPS) is 21.8. The molecule has 1 aliphatic heterocycles. The van der Waals surface area contributed by atoms with Crippen LogP contribution in [0.2, 0.25) is 0 Å². The molecule has 2 rings (SSSR count). The monoisotopic (exact) mass is 235 g/mol. The van der Waals surface area contributed by atoms with E-state index in [1.54, 1.807) is 0 Å². The van der Waals surface area contributed by atoms with Crippen LogP contribution in [-0.4, -0.2) is 35.8 Å². The third-order valence-corrected chi connectivity index (χ3v) is 3.26. The van der Waals surface area contributed by atoms with Crippen molar-refractivity contribution in [3.63, 3.8) is 0 Å². The minimum absolute atomic E-state index is 0.209. The minimum atomic E-state index is -0.209. The number of hydrogen-bond acceptors (Lipinski definition) is 4. The van der Waals surface area contributed by atoms with Gasteiger partial charge in [-0.2, -0.15) is 0 Å². The number of aliphatic hydroxyl groups excluding tert-OH is 1. The molecule has 1 saturated heterocycles. The Bertz CT molecular complexity index is 369. The first-order valence-corrected chi connectivity index (χ1v) is 6.33. The van der Waals surface area contributed by atoms with Gasteiger partial charge in [-0.1, -0.05) is 13.0 Å². The van der Waals surface area contributed by atoms with Crippen molar-refractivity contribution in [1.82, 2.24) is 10.3 Å². The van der Waals surface area contributed by atoms with Gasteiger partial charge in [0.25, 0.3) is 0 Å². The molecule has 1 aromatic heterocycles. The molecule has 1 fully saturated rings. The van der Waals surface area contributed by atoms with Crippen molar-refractivity contribution >= 4 is 5.82 Å². The van der Waals surface area contributed by atoms with E-state index in [1.807, 2.05) is 12.3 Å². The van der Waals surface area contributed by atoms with Crippen LogP contribution in [0.1, 0.15) is 31.9 Å². The second kappa shape index (κ2) is 5.47. The molecule has 0 spiro atoms. The van der Waals surface area contributed by atoms with Gasteiger partial charge in [-0.3, -0.25) is 0 Å². The molecule has 17 heavy (non-hydrogen) atoms. The fraction of sp³-hybridized carbons (Fsp3) is 0.615. The number of pyridine rings is 1. The smallest absolute Gasteiger partial charge is 0.133 e. The number of nitrogens with zero attached hydrogens (tertiary/aromatic N) is 2. The highest BCUT2D eigenvalue weighted by Crippen LogP contribution is 2.26. The van der Waals surface area contributed by atoms with Gasteiger partial charge in [-0.25, -0.2) is 4.98 Å².